The lowest BCUT2D eigenvalue weighted by Crippen LogP contribution is -2.48. The summed E-state index contributed by atoms with van der Waals surface area (Å²) in [5.74, 6) is 1.77. The molecule has 3 heteroatoms. The van der Waals surface area contributed by atoms with E-state index >= 15 is 0 Å². The van der Waals surface area contributed by atoms with Crippen LogP contribution in [0, 0.1) is 0 Å². The first-order chi connectivity index (χ1) is 8.06. The molecule has 0 aromatic heterocycles. The molecule has 1 atom stereocenters. The Kier molecular flexibility index (Phi) is 6.71. The molecule has 0 saturated carbocycles. The predicted octanol–water partition coefficient (Wildman–Crippen LogP) is 3.19. The van der Waals surface area contributed by atoms with Crippen molar-refractivity contribution in [1.82, 2.24) is 4.90 Å². The Hall–Kier alpha value is 0.110. The second kappa shape index (κ2) is 7.52. The molecule has 1 heterocycles. The number of rotatable bonds is 7. The average molecular weight is 259 g/mol. The number of unbranched alkanes of at least 4 members (excludes halogenated alkanes) is 2. The lowest BCUT2D eigenvalue weighted by molar-refractivity contribution is 0.0844. The molecule has 1 aliphatic heterocycles. The Bertz CT molecular complexity index is 240. The summed E-state index contributed by atoms with van der Waals surface area (Å²) in [5, 5.41) is 0. The van der Waals surface area contributed by atoms with Gasteiger partial charge >= 0.3 is 0 Å². The summed E-state index contributed by atoms with van der Waals surface area (Å²) in [4.78, 5) is 2.54. The highest BCUT2D eigenvalue weighted by atomic mass is 32.2. The number of nitrogens with zero attached hydrogens (tertiary/aromatic N) is 1. The fourth-order valence-corrected chi connectivity index (χ4v) is 3.72. The van der Waals surface area contributed by atoms with Gasteiger partial charge in [0.25, 0.3) is 0 Å². The zero-order valence-electron chi connectivity index (χ0n) is 11.8. The number of hydrogen-bond acceptors (Lipinski definition) is 2. The highest BCUT2D eigenvalue weighted by molar-refractivity contribution is 7.84. The first-order valence-corrected chi connectivity index (χ1v) is 8.65. The van der Waals surface area contributed by atoms with Crippen molar-refractivity contribution in [2.45, 2.75) is 64.8 Å². The fourth-order valence-electron chi connectivity index (χ4n) is 2.56. The van der Waals surface area contributed by atoms with Crippen LogP contribution in [0.1, 0.15) is 59.3 Å². The maximum absolute atomic E-state index is 11.9. The molecule has 0 bridgehead atoms. The molecule has 0 amide bonds. The minimum Gasteiger partial charge on any atom is -0.297 e. The van der Waals surface area contributed by atoms with E-state index in [1.54, 1.807) is 0 Å². The van der Waals surface area contributed by atoms with Crippen LogP contribution in [0.3, 0.4) is 0 Å². The normalized spacial score (nSPS) is 22.5. The Morgan fingerprint density at radius 2 is 1.94 bits per heavy atom. The van der Waals surface area contributed by atoms with Crippen LogP contribution in [-0.4, -0.2) is 39.2 Å². The van der Waals surface area contributed by atoms with Crippen molar-refractivity contribution in [2.24, 2.45) is 0 Å². The van der Waals surface area contributed by atoms with E-state index in [0.29, 0.717) is 5.54 Å². The molecule has 1 rings (SSSR count). The zero-order chi connectivity index (χ0) is 12.7. The summed E-state index contributed by atoms with van der Waals surface area (Å²) >= 11 is 0. The van der Waals surface area contributed by atoms with Crippen molar-refractivity contribution in [3.8, 4) is 0 Å². The average Bonchev–Trinajstić information content (AvgIpc) is 2.27. The third-order valence-corrected chi connectivity index (χ3v) is 5.27. The summed E-state index contributed by atoms with van der Waals surface area (Å²) < 4.78 is 11.9. The summed E-state index contributed by atoms with van der Waals surface area (Å²) in [5.41, 5.74) is 0.325. The Morgan fingerprint density at radius 3 is 2.59 bits per heavy atom. The maximum Gasteiger partial charge on any atom is 0.0362 e. The van der Waals surface area contributed by atoms with Crippen LogP contribution in [0.5, 0.6) is 0 Å². The second-order valence-corrected chi connectivity index (χ2v) is 7.51. The van der Waals surface area contributed by atoms with Gasteiger partial charge in [-0.3, -0.25) is 9.11 Å². The highest BCUT2D eigenvalue weighted by Gasteiger charge is 2.29. The molecule has 1 fully saturated rings. The van der Waals surface area contributed by atoms with Crippen LogP contribution in [-0.2, 0) is 10.8 Å². The van der Waals surface area contributed by atoms with Crippen molar-refractivity contribution < 1.29 is 4.21 Å². The van der Waals surface area contributed by atoms with Gasteiger partial charge in [-0.2, -0.15) is 0 Å². The summed E-state index contributed by atoms with van der Waals surface area (Å²) in [7, 11) is -0.598. The van der Waals surface area contributed by atoms with E-state index in [2.05, 4.69) is 25.7 Å². The first-order valence-electron chi connectivity index (χ1n) is 7.16. The van der Waals surface area contributed by atoms with Crippen molar-refractivity contribution in [1.29, 1.82) is 0 Å². The van der Waals surface area contributed by atoms with Crippen molar-refractivity contribution >= 4 is 10.8 Å². The van der Waals surface area contributed by atoms with Crippen LogP contribution >= 0.6 is 0 Å². The van der Waals surface area contributed by atoms with Gasteiger partial charge in [0, 0.05) is 34.4 Å². The van der Waals surface area contributed by atoms with Gasteiger partial charge in [-0.25, -0.2) is 0 Å². The molecule has 0 N–H and O–H groups in total. The topological polar surface area (TPSA) is 20.3 Å². The molecule has 0 aromatic carbocycles. The van der Waals surface area contributed by atoms with Gasteiger partial charge in [-0.1, -0.05) is 26.2 Å². The molecule has 0 spiro atoms. The molecule has 102 valence electrons. The lowest BCUT2D eigenvalue weighted by atomic mass is 9.91. The van der Waals surface area contributed by atoms with Gasteiger partial charge in [0.1, 0.15) is 0 Å². The number of hydrogen-bond donors (Lipinski definition) is 0. The Balaban J connectivity index is 2.22. The van der Waals surface area contributed by atoms with E-state index < -0.39 is 10.8 Å². The van der Waals surface area contributed by atoms with E-state index in [1.165, 1.54) is 38.6 Å². The van der Waals surface area contributed by atoms with Crippen LogP contribution < -0.4 is 0 Å². The van der Waals surface area contributed by atoms with Gasteiger partial charge < -0.3 is 0 Å². The van der Waals surface area contributed by atoms with Gasteiger partial charge in [0.2, 0.25) is 0 Å². The molecule has 0 aliphatic carbocycles. The molecule has 17 heavy (non-hydrogen) atoms. The molecular formula is C14H29NOS. The number of piperidine rings is 1. The van der Waals surface area contributed by atoms with Crippen LogP contribution in [0.2, 0.25) is 0 Å². The molecule has 1 aliphatic rings. The van der Waals surface area contributed by atoms with Crippen molar-refractivity contribution in [3.63, 3.8) is 0 Å². The third-order valence-electron chi connectivity index (χ3n) is 3.89. The SMILES string of the molecule is CCCCCS(=O)CCN1CCCCC1(C)C. The van der Waals surface area contributed by atoms with Crippen LogP contribution in [0.25, 0.3) is 0 Å². The Labute approximate surface area is 110 Å². The standard InChI is InChI=1S/C14H29NOS/c1-4-5-8-12-17(16)13-11-15-10-7-6-9-14(15,2)3/h4-13H2,1-3H3. The second-order valence-electron chi connectivity index (χ2n) is 5.81. The zero-order valence-corrected chi connectivity index (χ0v) is 12.7. The molecule has 1 unspecified atom stereocenters. The van der Waals surface area contributed by atoms with Gasteiger partial charge in [-0.15, -0.1) is 0 Å². The van der Waals surface area contributed by atoms with E-state index in [0.717, 1.165) is 24.5 Å². The summed E-state index contributed by atoms with van der Waals surface area (Å²) in [6.07, 6.45) is 7.52. The van der Waals surface area contributed by atoms with Crippen LogP contribution in [0.15, 0.2) is 0 Å². The third kappa shape index (κ3) is 5.52. The highest BCUT2D eigenvalue weighted by Crippen LogP contribution is 2.26. The maximum atomic E-state index is 11.9. The first kappa shape index (κ1) is 15.2. The quantitative estimate of drug-likeness (QED) is 0.654. The lowest BCUT2D eigenvalue weighted by Gasteiger charge is -2.42. The van der Waals surface area contributed by atoms with Gasteiger partial charge in [-0.05, 0) is 39.7 Å². The minimum absolute atomic E-state index is 0.325. The monoisotopic (exact) mass is 259 g/mol. The fraction of sp³-hybridized carbons (Fsp3) is 1.00. The molecule has 1 saturated heterocycles. The summed E-state index contributed by atoms with van der Waals surface area (Å²) in [6.45, 7) is 9.06. The number of likely N-dealkylation sites (tertiary alicyclic amines) is 1. The summed E-state index contributed by atoms with van der Waals surface area (Å²) in [6, 6.07) is 0. The smallest absolute Gasteiger partial charge is 0.0362 e. The van der Waals surface area contributed by atoms with Gasteiger partial charge in [0.15, 0.2) is 0 Å². The van der Waals surface area contributed by atoms with E-state index in [9.17, 15) is 4.21 Å². The van der Waals surface area contributed by atoms with E-state index in [-0.39, 0.29) is 0 Å². The molecule has 2 nitrogen and oxygen atoms in total. The molecule has 0 aromatic rings. The van der Waals surface area contributed by atoms with Crippen molar-refractivity contribution in [3.05, 3.63) is 0 Å². The minimum atomic E-state index is -0.598. The van der Waals surface area contributed by atoms with Gasteiger partial charge in [0.05, 0.1) is 0 Å². The Morgan fingerprint density at radius 1 is 1.18 bits per heavy atom. The van der Waals surface area contributed by atoms with E-state index in [1.807, 2.05) is 0 Å². The largest absolute Gasteiger partial charge is 0.297 e. The van der Waals surface area contributed by atoms with Crippen molar-refractivity contribution in [2.75, 3.05) is 24.6 Å². The molecule has 0 radical (unpaired) electrons. The predicted molar refractivity (Wildman–Crippen MR) is 76.9 cm³/mol. The molecular weight excluding hydrogens is 230 g/mol. The van der Waals surface area contributed by atoms with E-state index in [4.69, 9.17) is 0 Å². The van der Waals surface area contributed by atoms with Crippen LogP contribution in [0.4, 0.5) is 0 Å².